The van der Waals surface area contributed by atoms with Crippen LogP contribution in [0.25, 0.3) is 0 Å². The van der Waals surface area contributed by atoms with Gasteiger partial charge in [-0.25, -0.2) is 0 Å². The van der Waals surface area contributed by atoms with E-state index in [9.17, 15) is 0 Å². The van der Waals surface area contributed by atoms with Crippen molar-refractivity contribution in [1.29, 1.82) is 5.41 Å². The Balaban J connectivity index is 1.79. The summed E-state index contributed by atoms with van der Waals surface area (Å²) in [6, 6.07) is 10.6. The van der Waals surface area contributed by atoms with Crippen LogP contribution in [0.3, 0.4) is 0 Å². The third kappa shape index (κ3) is 3.10. The number of hydrogen-bond acceptors (Lipinski definition) is 2. The molecule has 1 aliphatic rings. The van der Waals surface area contributed by atoms with Gasteiger partial charge in [0.05, 0.1) is 5.84 Å². The number of benzene rings is 1. The Labute approximate surface area is 109 Å². The number of likely N-dealkylation sites (tertiary alicyclic amines) is 1. The molecule has 0 bridgehead atoms. The summed E-state index contributed by atoms with van der Waals surface area (Å²) in [6.45, 7) is 5.34. The molecule has 3 heteroatoms. The average molecular weight is 245 g/mol. The van der Waals surface area contributed by atoms with Crippen molar-refractivity contribution in [2.24, 2.45) is 11.1 Å². The Kier molecular flexibility index (Phi) is 4.02. The summed E-state index contributed by atoms with van der Waals surface area (Å²) in [5.41, 5.74) is 7.01. The van der Waals surface area contributed by atoms with Crippen LogP contribution in [0.2, 0.25) is 0 Å². The third-order valence-electron chi connectivity index (χ3n) is 4.17. The molecular weight excluding hydrogens is 222 g/mol. The van der Waals surface area contributed by atoms with Crippen molar-refractivity contribution in [3.05, 3.63) is 35.9 Å². The molecule has 0 saturated carbocycles. The highest BCUT2D eigenvalue weighted by atomic mass is 15.1. The van der Waals surface area contributed by atoms with Crippen molar-refractivity contribution in [1.82, 2.24) is 4.90 Å². The minimum atomic E-state index is -0.0662. The van der Waals surface area contributed by atoms with Crippen molar-refractivity contribution >= 4 is 5.84 Å². The summed E-state index contributed by atoms with van der Waals surface area (Å²) in [5.74, 6) is 0.352. The lowest BCUT2D eigenvalue weighted by Crippen LogP contribution is -2.45. The topological polar surface area (TPSA) is 53.1 Å². The molecule has 1 saturated heterocycles. The summed E-state index contributed by atoms with van der Waals surface area (Å²) in [5, 5.41) is 7.65. The number of piperidine rings is 1. The van der Waals surface area contributed by atoms with E-state index >= 15 is 0 Å². The largest absolute Gasteiger partial charge is 0.387 e. The second-order valence-corrected chi connectivity index (χ2v) is 5.55. The quantitative estimate of drug-likeness (QED) is 0.631. The predicted molar refractivity (Wildman–Crippen MR) is 75.8 cm³/mol. The van der Waals surface area contributed by atoms with Crippen LogP contribution in [-0.4, -0.2) is 30.4 Å². The maximum atomic E-state index is 7.65. The van der Waals surface area contributed by atoms with Gasteiger partial charge in [-0.1, -0.05) is 37.3 Å². The SMILES string of the molecule is CC1(C(=N)N)CCN(CCc2ccccc2)CC1. The van der Waals surface area contributed by atoms with E-state index < -0.39 is 0 Å². The van der Waals surface area contributed by atoms with Gasteiger partial charge in [-0.05, 0) is 37.9 Å². The monoisotopic (exact) mass is 245 g/mol. The van der Waals surface area contributed by atoms with Crippen molar-refractivity contribution in [2.75, 3.05) is 19.6 Å². The number of nitrogens with one attached hydrogen (secondary N) is 1. The Morgan fingerprint density at radius 1 is 1.28 bits per heavy atom. The standard InChI is InChI=1S/C15H23N3/c1-15(14(16)17)8-11-18(12-9-15)10-7-13-5-3-2-4-6-13/h2-6H,7-12H2,1H3,(H3,16,17). The van der Waals surface area contributed by atoms with E-state index in [1.54, 1.807) is 0 Å². The highest BCUT2D eigenvalue weighted by molar-refractivity contribution is 5.83. The number of nitrogens with two attached hydrogens (primary N) is 1. The van der Waals surface area contributed by atoms with Gasteiger partial charge in [0, 0.05) is 12.0 Å². The van der Waals surface area contributed by atoms with E-state index in [0.717, 1.165) is 38.9 Å². The summed E-state index contributed by atoms with van der Waals surface area (Å²) in [4.78, 5) is 2.48. The summed E-state index contributed by atoms with van der Waals surface area (Å²) < 4.78 is 0. The van der Waals surface area contributed by atoms with Gasteiger partial charge >= 0.3 is 0 Å². The van der Waals surface area contributed by atoms with Gasteiger partial charge in [-0.3, -0.25) is 5.41 Å². The van der Waals surface area contributed by atoms with Gasteiger partial charge in [-0.15, -0.1) is 0 Å². The molecule has 3 N–H and O–H groups in total. The second-order valence-electron chi connectivity index (χ2n) is 5.55. The molecule has 0 aliphatic carbocycles. The first-order valence-corrected chi connectivity index (χ1v) is 6.71. The lowest BCUT2D eigenvalue weighted by atomic mass is 9.79. The fourth-order valence-electron chi connectivity index (χ4n) is 2.47. The van der Waals surface area contributed by atoms with Crippen molar-refractivity contribution in [2.45, 2.75) is 26.2 Å². The smallest absolute Gasteiger partial charge is 0.0966 e. The van der Waals surface area contributed by atoms with Crippen LogP contribution < -0.4 is 5.73 Å². The van der Waals surface area contributed by atoms with Gasteiger partial charge in [-0.2, -0.15) is 0 Å². The number of amidine groups is 1. The summed E-state index contributed by atoms with van der Waals surface area (Å²) in [7, 11) is 0. The highest BCUT2D eigenvalue weighted by Crippen LogP contribution is 2.30. The molecule has 0 radical (unpaired) electrons. The molecule has 0 amide bonds. The summed E-state index contributed by atoms with van der Waals surface area (Å²) >= 11 is 0. The molecule has 0 unspecified atom stereocenters. The van der Waals surface area contributed by atoms with Crippen molar-refractivity contribution in [3.8, 4) is 0 Å². The highest BCUT2D eigenvalue weighted by Gasteiger charge is 2.32. The Morgan fingerprint density at radius 2 is 1.89 bits per heavy atom. The first kappa shape index (κ1) is 13.1. The molecule has 18 heavy (non-hydrogen) atoms. The van der Waals surface area contributed by atoms with Gasteiger partial charge < -0.3 is 10.6 Å². The molecule has 98 valence electrons. The molecular formula is C15H23N3. The lowest BCUT2D eigenvalue weighted by molar-refractivity contribution is 0.164. The Hall–Kier alpha value is -1.35. The normalized spacial score (nSPS) is 19.6. The van der Waals surface area contributed by atoms with Crippen molar-refractivity contribution < 1.29 is 0 Å². The fraction of sp³-hybridized carbons (Fsp3) is 0.533. The van der Waals surface area contributed by atoms with Gasteiger partial charge in [0.25, 0.3) is 0 Å². The van der Waals surface area contributed by atoms with E-state index in [-0.39, 0.29) is 5.41 Å². The van der Waals surface area contributed by atoms with E-state index in [4.69, 9.17) is 11.1 Å². The van der Waals surface area contributed by atoms with E-state index in [0.29, 0.717) is 5.84 Å². The van der Waals surface area contributed by atoms with Gasteiger partial charge in [0.15, 0.2) is 0 Å². The zero-order valence-corrected chi connectivity index (χ0v) is 11.2. The van der Waals surface area contributed by atoms with Gasteiger partial charge in [0.1, 0.15) is 0 Å². The minimum Gasteiger partial charge on any atom is -0.387 e. The van der Waals surface area contributed by atoms with Crippen LogP contribution in [0, 0.1) is 10.8 Å². The number of hydrogen-bond donors (Lipinski definition) is 2. The van der Waals surface area contributed by atoms with Crippen LogP contribution in [0.15, 0.2) is 30.3 Å². The minimum absolute atomic E-state index is 0.0662. The molecule has 3 nitrogen and oxygen atoms in total. The maximum absolute atomic E-state index is 7.65. The predicted octanol–water partition coefficient (Wildman–Crippen LogP) is 2.27. The number of rotatable bonds is 4. The second kappa shape index (κ2) is 5.53. The third-order valence-corrected chi connectivity index (χ3v) is 4.17. The molecule has 1 aromatic rings. The Bertz CT molecular complexity index is 391. The molecule has 1 fully saturated rings. The molecule has 0 atom stereocenters. The molecule has 1 aliphatic heterocycles. The average Bonchev–Trinajstić information content (AvgIpc) is 2.39. The van der Waals surface area contributed by atoms with Crippen LogP contribution >= 0.6 is 0 Å². The van der Waals surface area contributed by atoms with Crippen LogP contribution in [0.5, 0.6) is 0 Å². The van der Waals surface area contributed by atoms with E-state index in [1.807, 2.05) is 0 Å². The van der Waals surface area contributed by atoms with Crippen LogP contribution in [0.4, 0.5) is 0 Å². The zero-order valence-electron chi connectivity index (χ0n) is 11.2. The molecule has 1 heterocycles. The lowest BCUT2D eigenvalue weighted by Gasteiger charge is -2.38. The molecule has 1 aromatic carbocycles. The first-order valence-electron chi connectivity index (χ1n) is 6.71. The van der Waals surface area contributed by atoms with Crippen molar-refractivity contribution in [3.63, 3.8) is 0 Å². The Morgan fingerprint density at radius 3 is 2.44 bits per heavy atom. The van der Waals surface area contributed by atoms with E-state index in [2.05, 4.69) is 42.2 Å². The van der Waals surface area contributed by atoms with Crippen LogP contribution in [0.1, 0.15) is 25.3 Å². The molecule has 2 rings (SSSR count). The fourth-order valence-corrected chi connectivity index (χ4v) is 2.47. The summed E-state index contributed by atoms with van der Waals surface area (Å²) in [6.07, 6.45) is 3.13. The molecule has 0 aromatic heterocycles. The van der Waals surface area contributed by atoms with Gasteiger partial charge in [0.2, 0.25) is 0 Å². The van der Waals surface area contributed by atoms with Crippen LogP contribution in [-0.2, 0) is 6.42 Å². The zero-order chi connectivity index (χ0) is 13.0. The van der Waals surface area contributed by atoms with E-state index in [1.165, 1.54) is 5.56 Å². The first-order chi connectivity index (χ1) is 8.60. The number of nitrogens with zero attached hydrogens (tertiary/aromatic N) is 1. The maximum Gasteiger partial charge on any atom is 0.0966 e. The molecule has 0 spiro atoms.